The third-order valence-corrected chi connectivity index (χ3v) is 5.56. The van der Waals surface area contributed by atoms with Crippen LogP contribution < -0.4 is 10.6 Å². The van der Waals surface area contributed by atoms with Gasteiger partial charge in [-0.2, -0.15) is 0 Å². The number of hydrogen-bond donors (Lipinski definition) is 2. The zero-order valence-corrected chi connectivity index (χ0v) is 23.0. The average molecular weight is 545 g/mol. The quantitative estimate of drug-likeness (QED) is 0.213. The molecular formula is C32H36N2O6. The number of unbranched alkanes of at least 4 members (excludes halogenated alkanes) is 2. The van der Waals surface area contributed by atoms with E-state index in [1.165, 1.54) is 0 Å². The lowest BCUT2D eigenvalue weighted by Crippen LogP contribution is -2.39. The molecule has 0 aliphatic carbocycles. The molecule has 2 amide bonds. The van der Waals surface area contributed by atoms with Gasteiger partial charge in [-0.15, -0.1) is 0 Å². The molecule has 0 heterocycles. The molecule has 2 atom stereocenters. The maximum atomic E-state index is 12.0. The van der Waals surface area contributed by atoms with Crippen LogP contribution in [0.1, 0.15) is 63.5 Å². The van der Waals surface area contributed by atoms with E-state index in [9.17, 15) is 19.2 Å². The molecule has 0 aliphatic heterocycles. The first-order valence-corrected chi connectivity index (χ1v) is 13.3. The van der Waals surface area contributed by atoms with E-state index in [1.807, 2.05) is 60.7 Å². The lowest BCUT2D eigenvalue weighted by Gasteiger charge is -2.13. The molecule has 0 unspecified atom stereocenters. The zero-order valence-electron chi connectivity index (χ0n) is 23.0. The maximum absolute atomic E-state index is 12.0. The summed E-state index contributed by atoms with van der Waals surface area (Å²) in [7, 11) is 0. The molecule has 0 saturated carbocycles. The first-order chi connectivity index (χ1) is 19.3. The van der Waals surface area contributed by atoms with Gasteiger partial charge in [0.05, 0.1) is 0 Å². The summed E-state index contributed by atoms with van der Waals surface area (Å²) in [6, 6.07) is 17.2. The van der Waals surface area contributed by atoms with Crippen LogP contribution in [0.3, 0.4) is 0 Å². The summed E-state index contributed by atoms with van der Waals surface area (Å²) in [5.74, 6) is 9.80. The molecule has 8 nitrogen and oxygen atoms in total. The number of esters is 2. The Balaban J connectivity index is 1.51. The molecule has 2 rings (SSSR count). The van der Waals surface area contributed by atoms with Crippen molar-refractivity contribution in [1.29, 1.82) is 0 Å². The zero-order chi connectivity index (χ0) is 29.0. The first kappa shape index (κ1) is 31.7. The van der Waals surface area contributed by atoms with Crippen LogP contribution in [0.4, 0.5) is 0 Å². The number of amides is 2. The summed E-state index contributed by atoms with van der Waals surface area (Å²) >= 11 is 0. The maximum Gasteiger partial charge on any atom is 0.328 e. The number of hydrogen-bond acceptors (Lipinski definition) is 6. The number of carbonyl (C=O) groups excluding carboxylic acids is 4. The summed E-state index contributed by atoms with van der Waals surface area (Å²) in [5.41, 5.74) is 1.76. The fourth-order valence-corrected chi connectivity index (χ4v) is 3.34. The third-order valence-electron chi connectivity index (χ3n) is 5.56. The van der Waals surface area contributed by atoms with E-state index in [1.54, 1.807) is 13.8 Å². The second-order valence-corrected chi connectivity index (χ2v) is 9.08. The molecule has 0 aliphatic rings. The summed E-state index contributed by atoms with van der Waals surface area (Å²) < 4.78 is 10.4. The van der Waals surface area contributed by atoms with Crippen molar-refractivity contribution in [3.63, 3.8) is 0 Å². The number of rotatable bonds is 14. The van der Waals surface area contributed by atoms with E-state index in [-0.39, 0.29) is 37.9 Å². The van der Waals surface area contributed by atoms with E-state index >= 15 is 0 Å². The normalized spacial score (nSPS) is 11.3. The van der Waals surface area contributed by atoms with Crippen LogP contribution >= 0.6 is 0 Å². The number of ether oxygens (including phenoxy) is 2. The Bertz CT molecular complexity index is 1120. The molecule has 0 spiro atoms. The van der Waals surface area contributed by atoms with Crippen molar-refractivity contribution in [2.24, 2.45) is 0 Å². The van der Waals surface area contributed by atoms with Crippen LogP contribution in [0.5, 0.6) is 0 Å². The topological polar surface area (TPSA) is 111 Å². The summed E-state index contributed by atoms with van der Waals surface area (Å²) in [6.07, 6.45) is 2.56. The van der Waals surface area contributed by atoms with E-state index in [4.69, 9.17) is 9.47 Å². The van der Waals surface area contributed by atoms with Gasteiger partial charge in [-0.05, 0) is 49.7 Å². The van der Waals surface area contributed by atoms with Crippen LogP contribution in [-0.2, 0) is 41.9 Å². The number of carbonyl (C=O) groups is 4. The fourth-order valence-electron chi connectivity index (χ4n) is 3.34. The van der Waals surface area contributed by atoms with E-state index in [2.05, 4.69) is 34.3 Å². The predicted molar refractivity (Wildman–Crippen MR) is 151 cm³/mol. The van der Waals surface area contributed by atoms with Gasteiger partial charge in [0.1, 0.15) is 25.3 Å². The smallest absolute Gasteiger partial charge is 0.328 e. The van der Waals surface area contributed by atoms with Crippen molar-refractivity contribution in [1.82, 2.24) is 10.6 Å². The summed E-state index contributed by atoms with van der Waals surface area (Å²) in [6.45, 7) is 3.50. The van der Waals surface area contributed by atoms with Crippen molar-refractivity contribution < 1.29 is 28.7 Å². The fraction of sp³-hybridized carbons (Fsp3) is 0.375. The van der Waals surface area contributed by atoms with Crippen LogP contribution in [0.2, 0.25) is 0 Å². The Morgan fingerprint density at radius 2 is 1.02 bits per heavy atom. The Morgan fingerprint density at radius 3 is 1.40 bits per heavy atom. The average Bonchev–Trinajstić information content (AvgIpc) is 2.96. The molecular weight excluding hydrogens is 508 g/mol. The Morgan fingerprint density at radius 1 is 0.650 bits per heavy atom. The molecule has 2 N–H and O–H groups in total. The monoisotopic (exact) mass is 544 g/mol. The Labute approximate surface area is 236 Å². The SMILES string of the molecule is C[C@H](NC(=O)CCCC#CC#CCCCC(=O)N[C@@H](C)C(=O)OCc1ccccc1)C(=O)OCc1ccccc1. The van der Waals surface area contributed by atoms with Crippen molar-refractivity contribution >= 4 is 23.8 Å². The highest BCUT2D eigenvalue weighted by Gasteiger charge is 2.17. The van der Waals surface area contributed by atoms with Crippen molar-refractivity contribution in [3.05, 3.63) is 71.8 Å². The molecule has 0 bridgehead atoms. The number of benzene rings is 2. The van der Waals surface area contributed by atoms with Gasteiger partial charge in [0, 0.05) is 25.7 Å². The minimum atomic E-state index is -0.730. The standard InChI is InChI=1S/C32H36N2O6/c1-25(31(37)39-23-27-17-11-9-12-18-27)33-29(35)21-15-7-5-3-4-6-8-16-22-30(36)34-26(2)32(38)40-24-28-19-13-10-14-20-28/h9-14,17-20,25-26H,7-8,15-16,21-24H2,1-2H3,(H,33,35)(H,34,36)/t25-,26-/m0/s1. The third kappa shape index (κ3) is 13.8. The number of nitrogens with one attached hydrogen (secondary N) is 2. The second kappa shape index (κ2) is 18.7. The van der Waals surface area contributed by atoms with Gasteiger partial charge in [0.25, 0.3) is 0 Å². The van der Waals surface area contributed by atoms with E-state index < -0.39 is 24.0 Å². The molecule has 8 heteroatoms. The highest BCUT2D eigenvalue weighted by Crippen LogP contribution is 2.04. The van der Waals surface area contributed by atoms with Crippen LogP contribution in [0, 0.1) is 23.7 Å². The van der Waals surface area contributed by atoms with Gasteiger partial charge in [-0.1, -0.05) is 72.5 Å². The largest absolute Gasteiger partial charge is 0.459 e. The highest BCUT2D eigenvalue weighted by molar-refractivity contribution is 5.84. The molecule has 0 fully saturated rings. The molecule has 2 aromatic carbocycles. The van der Waals surface area contributed by atoms with Gasteiger partial charge in [0.15, 0.2) is 0 Å². The van der Waals surface area contributed by atoms with Gasteiger partial charge < -0.3 is 20.1 Å². The van der Waals surface area contributed by atoms with Gasteiger partial charge in [-0.3, -0.25) is 9.59 Å². The minimum absolute atomic E-state index is 0.162. The lowest BCUT2D eigenvalue weighted by molar-refractivity contribution is -0.149. The predicted octanol–water partition coefficient (Wildman–Crippen LogP) is 3.83. The van der Waals surface area contributed by atoms with Crippen molar-refractivity contribution in [2.45, 2.75) is 77.7 Å². The van der Waals surface area contributed by atoms with Crippen molar-refractivity contribution in [3.8, 4) is 23.7 Å². The Kier molecular flexibility index (Phi) is 14.8. The van der Waals surface area contributed by atoms with Gasteiger partial charge in [-0.25, -0.2) is 9.59 Å². The second-order valence-electron chi connectivity index (χ2n) is 9.08. The van der Waals surface area contributed by atoms with Crippen molar-refractivity contribution in [2.75, 3.05) is 0 Å². The van der Waals surface area contributed by atoms with Crippen LogP contribution in [0.25, 0.3) is 0 Å². The molecule has 0 radical (unpaired) electrons. The molecule has 210 valence electrons. The summed E-state index contributed by atoms with van der Waals surface area (Å²) in [4.78, 5) is 48.2. The Hall–Kier alpha value is -4.56. The first-order valence-electron chi connectivity index (χ1n) is 13.3. The molecule has 2 aromatic rings. The minimum Gasteiger partial charge on any atom is -0.459 e. The van der Waals surface area contributed by atoms with Crippen LogP contribution in [0.15, 0.2) is 60.7 Å². The summed E-state index contributed by atoms with van der Waals surface area (Å²) in [5, 5.41) is 5.27. The highest BCUT2D eigenvalue weighted by atomic mass is 16.5. The van der Waals surface area contributed by atoms with Crippen LogP contribution in [-0.4, -0.2) is 35.8 Å². The molecule has 0 aromatic heterocycles. The van der Waals surface area contributed by atoms with E-state index in [0.717, 1.165) is 11.1 Å². The van der Waals surface area contributed by atoms with E-state index in [0.29, 0.717) is 25.7 Å². The molecule has 0 saturated heterocycles. The van der Waals surface area contributed by atoms with Gasteiger partial charge in [0.2, 0.25) is 11.8 Å². The lowest BCUT2D eigenvalue weighted by atomic mass is 10.2. The molecule has 40 heavy (non-hydrogen) atoms. The van der Waals surface area contributed by atoms with Gasteiger partial charge >= 0.3 is 11.9 Å².